The molecule has 1 saturated heterocycles. The average Bonchev–Trinajstić information content (AvgIpc) is 3.62. The molecule has 1 fully saturated rings. The Balaban J connectivity index is 1.26. The first kappa shape index (κ1) is 34.0. The first-order chi connectivity index (χ1) is 22.9. The van der Waals surface area contributed by atoms with Gasteiger partial charge >= 0.3 is 6.09 Å². The highest BCUT2D eigenvalue weighted by Crippen LogP contribution is 2.57. The SMILES string of the molecule is COCCNC(=O)c1cn2ccc(Sc3cnc(N4CCC5(Cc6ccccc6C5OC(N)=O)C[C@H]4C(C)(C)C)c(CO)n3)c(Cl)c2n1. The number of aliphatic hydroxyl groups excluding tert-OH is 1. The maximum atomic E-state index is 12.5. The minimum atomic E-state index is -0.775. The first-order valence-corrected chi connectivity index (χ1v) is 17.0. The molecule has 0 bridgehead atoms. The number of hydrogen-bond acceptors (Lipinski definition) is 10. The predicted octanol–water partition coefficient (Wildman–Crippen LogP) is 5.19. The van der Waals surface area contributed by atoms with Crippen molar-refractivity contribution < 1.29 is 24.2 Å². The van der Waals surface area contributed by atoms with Gasteiger partial charge in [-0.2, -0.15) is 0 Å². The molecule has 12 nitrogen and oxygen atoms in total. The molecule has 14 heteroatoms. The Kier molecular flexibility index (Phi) is 9.58. The normalized spacial score (nSPS) is 20.7. The summed E-state index contributed by atoms with van der Waals surface area (Å²) in [6, 6.07) is 9.93. The van der Waals surface area contributed by atoms with Gasteiger partial charge in [-0.15, -0.1) is 0 Å². The molecule has 0 radical (unpaired) electrons. The number of methoxy groups -OCH3 is 1. The van der Waals surface area contributed by atoms with Crippen LogP contribution in [0.25, 0.3) is 5.65 Å². The van der Waals surface area contributed by atoms with Crippen molar-refractivity contribution in [1.82, 2.24) is 24.7 Å². The molecule has 2 unspecified atom stereocenters. The van der Waals surface area contributed by atoms with Crippen LogP contribution in [-0.2, 0) is 22.5 Å². The van der Waals surface area contributed by atoms with Gasteiger partial charge in [0.2, 0.25) is 0 Å². The monoisotopic (exact) mass is 693 g/mol. The summed E-state index contributed by atoms with van der Waals surface area (Å²) in [5.74, 6) is 0.305. The first-order valence-electron chi connectivity index (χ1n) is 15.8. The van der Waals surface area contributed by atoms with Gasteiger partial charge < -0.3 is 34.9 Å². The second-order valence-electron chi connectivity index (χ2n) is 13.4. The lowest BCUT2D eigenvalue weighted by Gasteiger charge is -2.52. The van der Waals surface area contributed by atoms with Crippen molar-refractivity contribution >= 4 is 46.8 Å². The Hall–Kier alpha value is -3.91. The Morgan fingerprint density at radius 3 is 2.75 bits per heavy atom. The molecular weight excluding hydrogens is 654 g/mol. The molecule has 4 heterocycles. The Morgan fingerprint density at radius 2 is 2.02 bits per heavy atom. The van der Waals surface area contributed by atoms with E-state index in [-0.39, 0.29) is 35.1 Å². The van der Waals surface area contributed by atoms with Gasteiger partial charge in [-0.05, 0) is 41.9 Å². The van der Waals surface area contributed by atoms with Crippen LogP contribution in [0.5, 0.6) is 0 Å². The number of hydrogen-bond donors (Lipinski definition) is 3. The summed E-state index contributed by atoms with van der Waals surface area (Å²) in [6.45, 7) is 7.66. The molecule has 3 aromatic heterocycles. The molecule has 6 rings (SSSR count). The summed E-state index contributed by atoms with van der Waals surface area (Å²) in [5.41, 5.74) is 8.41. The quantitative estimate of drug-likeness (QED) is 0.199. The number of carbonyl (C=O) groups is 2. The number of pyridine rings is 1. The molecule has 4 N–H and O–H groups in total. The van der Waals surface area contributed by atoms with Crippen molar-refractivity contribution in [2.75, 3.05) is 31.7 Å². The van der Waals surface area contributed by atoms with Gasteiger partial charge in [0.05, 0.1) is 24.4 Å². The van der Waals surface area contributed by atoms with Crippen molar-refractivity contribution in [2.24, 2.45) is 16.6 Å². The minimum absolute atomic E-state index is 0.00386. The van der Waals surface area contributed by atoms with Crippen LogP contribution in [0.1, 0.15) is 67.0 Å². The number of rotatable bonds is 9. The van der Waals surface area contributed by atoms with E-state index in [4.69, 9.17) is 36.8 Å². The third-order valence-electron chi connectivity index (χ3n) is 9.29. The zero-order valence-corrected chi connectivity index (χ0v) is 29.0. The molecule has 1 spiro atoms. The summed E-state index contributed by atoms with van der Waals surface area (Å²) in [7, 11) is 1.57. The van der Waals surface area contributed by atoms with Gasteiger partial charge in [0, 0.05) is 48.9 Å². The molecule has 2 aliphatic rings. The Bertz CT molecular complexity index is 1850. The van der Waals surface area contributed by atoms with E-state index in [0.29, 0.717) is 51.8 Å². The fraction of sp³-hybridized carbons (Fsp3) is 0.441. The number of aliphatic hydroxyl groups is 1. The smallest absolute Gasteiger partial charge is 0.405 e. The van der Waals surface area contributed by atoms with Crippen LogP contribution in [0, 0.1) is 10.8 Å². The summed E-state index contributed by atoms with van der Waals surface area (Å²) in [5, 5.41) is 14.2. The third kappa shape index (κ3) is 6.56. The van der Waals surface area contributed by atoms with E-state index in [2.05, 4.69) is 42.0 Å². The standard InChI is InChI=1S/C34H40ClN7O5S/c1-33(2,3)25-16-34(15-20-7-5-6-8-21(20)28(34)47-32(36)45)10-13-42(25)29-23(19-43)39-26(17-38-29)48-24-9-12-41-18-22(40-30(41)27(24)35)31(44)37-11-14-46-4/h5-9,12,17-18,25,28,43H,10-11,13-16,19H2,1-4H3,(H2,36,45)(H,37,44)/t25-,28?,34?/m0/s1. The molecule has 3 atom stereocenters. The molecule has 254 valence electrons. The number of aromatic nitrogens is 4. The predicted molar refractivity (Wildman–Crippen MR) is 182 cm³/mol. The van der Waals surface area contributed by atoms with Gasteiger partial charge in [0.1, 0.15) is 22.5 Å². The molecular formula is C34H40ClN7O5S. The fourth-order valence-electron chi connectivity index (χ4n) is 7.04. The number of halogens is 1. The van der Waals surface area contributed by atoms with Gasteiger partial charge in [0.25, 0.3) is 5.91 Å². The number of amides is 2. The lowest BCUT2D eigenvalue weighted by Crippen LogP contribution is -2.55. The van der Waals surface area contributed by atoms with Crippen molar-refractivity contribution in [3.63, 3.8) is 0 Å². The van der Waals surface area contributed by atoms with Crippen LogP contribution in [0.2, 0.25) is 5.02 Å². The van der Waals surface area contributed by atoms with Crippen molar-refractivity contribution in [3.8, 4) is 0 Å². The van der Waals surface area contributed by atoms with Crippen molar-refractivity contribution in [2.45, 2.75) is 68.7 Å². The zero-order chi connectivity index (χ0) is 34.2. The zero-order valence-electron chi connectivity index (χ0n) is 27.4. The molecule has 1 aliphatic heterocycles. The number of imidazole rings is 1. The van der Waals surface area contributed by atoms with Crippen LogP contribution in [0.3, 0.4) is 0 Å². The van der Waals surface area contributed by atoms with E-state index < -0.39 is 12.2 Å². The highest BCUT2D eigenvalue weighted by atomic mass is 35.5. The van der Waals surface area contributed by atoms with E-state index in [1.54, 1.807) is 30.1 Å². The van der Waals surface area contributed by atoms with Crippen LogP contribution in [0.15, 0.2) is 58.8 Å². The number of ether oxygens (including phenoxy) is 2. The van der Waals surface area contributed by atoms with E-state index >= 15 is 0 Å². The van der Waals surface area contributed by atoms with Gasteiger partial charge in [-0.25, -0.2) is 19.7 Å². The topological polar surface area (TPSA) is 157 Å². The number of nitrogens with two attached hydrogens (primary N) is 1. The number of nitrogens with one attached hydrogen (secondary N) is 1. The fourth-order valence-corrected chi connectivity index (χ4v) is 8.15. The summed E-state index contributed by atoms with van der Waals surface area (Å²) in [4.78, 5) is 41.6. The largest absolute Gasteiger partial charge is 0.441 e. The second-order valence-corrected chi connectivity index (χ2v) is 14.9. The number of piperidine rings is 1. The van der Waals surface area contributed by atoms with Gasteiger partial charge in [-0.1, -0.05) is 68.4 Å². The number of anilines is 1. The summed E-state index contributed by atoms with van der Waals surface area (Å²) in [6.07, 6.45) is 6.15. The van der Waals surface area contributed by atoms with E-state index in [9.17, 15) is 14.7 Å². The number of fused-ring (bicyclic) bond motifs is 2. The Morgan fingerprint density at radius 1 is 1.23 bits per heavy atom. The highest BCUT2D eigenvalue weighted by Gasteiger charge is 2.54. The lowest BCUT2D eigenvalue weighted by atomic mass is 9.66. The van der Waals surface area contributed by atoms with Crippen LogP contribution < -0.4 is 16.0 Å². The lowest BCUT2D eigenvalue weighted by molar-refractivity contribution is -0.0138. The molecule has 48 heavy (non-hydrogen) atoms. The maximum absolute atomic E-state index is 12.5. The number of benzene rings is 1. The number of primary amides is 1. The third-order valence-corrected chi connectivity index (χ3v) is 10.7. The van der Waals surface area contributed by atoms with Gasteiger partial charge in [-0.3, -0.25) is 4.79 Å². The number of nitrogens with zero attached hydrogens (tertiary/aromatic N) is 5. The molecule has 4 aromatic rings. The van der Waals surface area contributed by atoms with Crippen LogP contribution >= 0.6 is 23.4 Å². The van der Waals surface area contributed by atoms with Crippen LogP contribution in [0.4, 0.5) is 10.6 Å². The Labute approximate surface area is 288 Å². The summed E-state index contributed by atoms with van der Waals surface area (Å²) < 4.78 is 12.5. The van der Waals surface area contributed by atoms with Gasteiger partial charge in [0.15, 0.2) is 11.5 Å². The molecule has 0 saturated carbocycles. The maximum Gasteiger partial charge on any atom is 0.405 e. The van der Waals surface area contributed by atoms with E-state index in [0.717, 1.165) is 24.8 Å². The molecule has 1 aromatic carbocycles. The van der Waals surface area contributed by atoms with E-state index in [1.807, 2.05) is 24.3 Å². The number of carbonyl (C=O) groups excluding carboxylic acids is 2. The minimum Gasteiger partial charge on any atom is -0.441 e. The molecule has 2 amide bonds. The van der Waals surface area contributed by atoms with Crippen molar-refractivity contribution in [3.05, 3.63) is 76.5 Å². The molecule has 1 aliphatic carbocycles. The second kappa shape index (κ2) is 13.5. The highest BCUT2D eigenvalue weighted by molar-refractivity contribution is 7.99. The van der Waals surface area contributed by atoms with E-state index in [1.165, 1.54) is 17.3 Å². The average molecular weight is 694 g/mol. The van der Waals surface area contributed by atoms with Crippen molar-refractivity contribution in [1.29, 1.82) is 0 Å². The van der Waals surface area contributed by atoms with Crippen LogP contribution in [-0.4, -0.2) is 69.3 Å². The summed E-state index contributed by atoms with van der Waals surface area (Å²) >= 11 is 8.07.